The van der Waals surface area contributed by atoms with Gasteiger partial charge in [-0.25, -0.2) is 9.97 Å². The van der Waals surface area contributed by atoms with Gasteiger partial charge in [-0.2, -0.15) is 0 Å². The SMILES string of the molecule is NC1CCN(C(=O)c2cnc3c(c2)ncn3Cc2ccccc2)C1. The summed E-state index contributed by atoms with van der Waals surface area (Å²) in [7, 11) is 0. The van der Waals surface area contributed by atoms with Crippen LogP contribution in [0.4, 0.5) is 0 Å². The summed E-state index contributed by atoms with van der Waals surface area (Å²) in [4.78, 5) is 23.2. The summed E-state index contributed by atoms with van der Waals surface area (Å²) < 4.78 is 1.99. The van der Waals surface area contributed by atoms with Gasteiger partial charge in [0, 0.05) is 25.3 Å². The van der Waals surface area contributed by atoms with Crippen LogP contribution in [0.15, 0.2) is 48.9 Å². The molecule has 0 bridgehead atoms. The van der Waals surface area contributed by atoms with Gasteiger partial charge >= 0.3 is 0 Å². The first kappa shape index (κ1) is 14.8. The van der Waals surface area contributed by atoms with Crippen LogP contribution in [-0.2, 0) is 6.54 Å². The average Bonchev–Trinajstić information content (AvgIpc) is 3.21. The predicted molar refractivity (Wildman–Crippen MR) is 91.6 cm³/mol. The van der Waals surface area contributed by atoms with E-state index < -0.39 is 0 Å². The molecule has 3 heterocycles. The number of hydrogen-bond donors (Lipinski definition) is 1. The highest BCUT2D eigenvalue weighted by molar-refractivity contribution is 5.96. The van der Waals surface area contributed by atoms with Crippen LogP contribution in [0, 0.1) is 0 Å². The number of likely N-dealkylation sites (tertiary alicyclic amines) is 1. The summed E-state index contributed by atoms with van der Waals surface area (Å²) in [5.74, 6) is -0.0186. The molecule has 1 amide bonds. The summed E-state index contributed by atoms with van der Waals surface area (Å²) >= 11 is 0. The van der Waals surface area contributed by atoms with Crippen molar-refractivity contribution >= 4 is 17.1 Å². The van der Waals surface area contributed by atoms with Crippen molar-refractivity contribution in [1.82, 2.24) is 19.4 Å². The Labute approximate surface area is 139 Å². The number of rotatable bonds is 3. The molecule has 1 aromatic carbocycles. The molecular weight excluding hydrogens is 302 g/mol. The molecule has 1 aliphatic heterocycles. The first-order valence-corrected chi connectivity index (χ1v) is 8.10. The number of aromatic nitrogens is 3. The number of imidazole rings is 1. The minimum Gasteiger partial charge on any atom is -0.337 e. The Morgan fingerprint density at radius 1 is 1.25 bits per heavy atom. The van der Waals surface area contributed by atoms with E-state index in [0.29, 0.717) is 25.2 Å². The van der Waals surface area contributed by atoms with Crippen LogP contribution in [0.5, 0.6) is 0 Å². The van der Waals surface area contributed by atoms with Crippen molar-refractivity contribution in [3.63, 3.8) is 0 Å². The minimum absolute atomic E-state index is 0.0186. The zero-order valence-corrected chi connectivity index (χ0v) is 13.3. The molecule has 1 atom stereocenters. The zero-order valence-electron chi connectivity index (χ0n) is 13.3. The van der Waals surface area contributed by atoms with E-state index >= 15 is 0 Å². The van der Waals surface area contributed by atoms with Crippen LogP contribution < -0.4 is 5.73 Å². The predicted octanol–water partition coefficient (Wildman–Crippen LogP) is 1.65. The fourth-order valence-corrected chi connectivity index (χ4v) is 3.12. The molecule has 6 nitrogen and oxygen atoms in total. The lowest BCUT2D eigenvalue weighted by Gasteiger charge is -2.15. The Hall–Kier alpha value is -2.73. The maximum absolute atomic E-state index is 12.5. The van der Waals surface area contributed by atoms with Crippen LogP contribution in [0.3, 0.4) is 0 Å². The quantitative estimate of drug-likeness (QED) is 0.796. The summed E-state index contributed by atoms with van der Waals surface area (Å²) in [6.45, 7) is 2.03. The third-order valence-corrected chi connectivity index (χ3v) is 4.41. The fraction of sp³-hybridized carbons (Fsp3) is 0.278. The maximum Gasteiger partial charge on any atom is 0.255 e. The molecule has 0 radical (unpaired) electrons. The van der Waals surface area contributed by atoms with E-state index in [2.05, 4.69) is 22.1 Å². The number of pyridine rings is 1. The molecule has 0 spiro atoms. The summed E-state index contributed by atoms with van der Waals surface area (Å²) in [6.07, 6.45) is 4.26. The number of benzene rings is 1. The monoisotopic (exact) mass is 321 g/mol. The second kappa shape index (κ2) is 6.05. The number of carbonyl (C=O) groups is 1. The van der Waals surface area contributed by atoms with Gasteiger partial charge in [-0.15, -0.1) is 0 Å². The first-order chi connectivity index (χ1) is 11.7. The molecule has 1 aliphatic rings. The van der Waals surface area contributed by atoms with Crippen LogP contribution in [0.2, 0.25) is 0 Å². The number of carbonyl (C=O) groups excluding carboxylic acids is 1. The molecule has 24 heavy (non-hydrogen) atoms. The van der Waals surface area contributed by atoms with Crippen LogP contribution in [-0.4, -0.2) is 44.5 Å². The van der Waals surface area contributed by atoms with E-state index in [1.165, 1.54) is 5.56 Å². The van der Waals surface area contributed by atoms with Crippen molar-refractivity contribution in [2.75, 3.05) is 13.1 Å². The van der Waals surface area contributed by atoms with E-state index in [1.807, 2.05) is 28.8 Å². The third-order valence-electron chi connectivity index (χ3n) is 4.41. The Morgan fingerprint density at radius 3 is 2.83 bits per heavy atom. The standard InChI is InChI=1S/C18H19N5O/c19-15-6-7-22(11-15)18(24)14-8-16-17(20-9-14)23(12-21-16)10-13-4-2-1-3-5-13/h1-5,8-9,12,15H,6-7,10-11,19H2. The number of nitrogens with two attached hydrogens (primary N) is 1. The Morgan fingerprint density at radius 2 is 2.08 bits per heavy atom. The largest absolute Gasteiger partial charge is 0.337 e. The summed E-state index contributed by atoms with van der Waals surface area (Å²) in [6, 6.07) is 12.1. The van der Waals surface area contributed by atoms with E-state index in [0.717, 1.165) is 17.6 Å². The minimum atomic E-state index is -0.0186. The van der Waals surface area contributed by atoms with Crippen molar-refractivity contribution < 1.29 is 4.79 Å². The van der Waals surface area contributed by atoms with E-state index in [4.69, 9.17) is 5.73 Å². The van der Waals surface area contributed by atoms with Gasteiger partial charge in [-0.05, 0) is 18.1 Å². The van der Waals surface area contributed by atoms with Crippen molar-refractivity contribution in [3.8, 4) is 0 Å². The Balaban J connectivity index is 1.60. The third kappa shape index (κ3) is 2.76. The highest BCUT2D eigenvalue weighted by Gasteiger charge is 2.25. The lowest BCUT2D eigenvalue weighted by molar-refractivity contribution is 0.0790. The second-order valence-corrected chi connectivity index (χ2v) is 6.22. The van der Waals surface area contributed by atoms with E-state index in [-0.39, 0.29) is 11.9 Å². The summed E-state index contributed by atoms with van der Waals surface area (Å²) in [5, 5.41) is 0. The molecule has 0 aliphatic carbocycles. The molecular formula is C18H19N5O. The molecule has 6 heteroatoms. The van der Waals surface area contributed by atoms with Gasteiger partial charge in [-0.1, -0.05) is 30.3 Å². The molecule has 3 aromatic rings. The molecule has 2 N–H and O–H groups in total. The highest BCUT2D eigenvalue weighted by Crippen LogP contribution is 2.17. The number of hydrogen-bond acceptors (Lipinski definition) is 4. The van der Waals surface area contributed by atoms with Crippen molar-refractivity contribution in [1.29, 1.82) is 0 Å². The summed E-state index contributed by atoms with van der Waals surface area (Å²) in [5.41, 5.74) is 9.16. The first-order valence-electron chi connectivity index (χ1n) is 8.10. The number of amides is 1. The van der Waals surface area contributed by atoms with Gasteiger partial charge < -0.3 is 15.2 Å². The molecule has 1 fully saturated rings. The Kier molecular flexibility index (Phi) is 3.74. The fourth-order valence-electron chi connectivity index (χ4n) is 3.12. The van der Waals surface area contributed by atoms with Gasteiger partial charge in [0.05, 0.1) is 18.4 Å². The van der Waals surface area contributed by atoms with E-state index in [1.54, 1.807) is 17.4 Å². The highest BCUT2D eigenvalue weighted by atomic mass is 16.2. The normalized spacial score (nSPS) is 17.5. The second-order valence-electron chi connectivity index (χ2n) is 6.22. The lowest BCUT2D eigenvalue weighted by Crippen LogP contribution is -2.31. The molecule has 4 rings (SSSR count). The topological polar surface area (TPSA) is 77.0 Å². The molecule has 1 unspecified atom stereocenters. The Bertz CT molecular complexity index is 874. The molecule has 122 valence electrons. The molecule has 0 saturated carbocycles. The lowest BCUT2D eigenvalue weighted by atomic mass is 10.2. The molecule has 2 aromatic heterocycles. The van der Waals surface area contributed by atoms with Gasteiger partial charge in [0.15, 0.2) is 5.65 Å². The van der Waals surface area contributed by atoms with Crippen LogP contribution >= 0.6 is 0 Å². The smallest absolute Gasteiger partial charge is 0.255 e. The molecule has 1 saturated heterocycles. The van der Waals surface area contributed by atoms with Gasteiger partial charge in [-0.3, -0.25) is 4.79 Å². The maximum atomic E-state index is 12.5. The van der Waals surface area contributed by atoms with Gasteiger partial charge in [0.25, 0.3) is 5.91 Å². The van der Waals surface area contributed by atoms with Crippen LogP contribution in [0.1, 0.15) is 22.3 Å². The number of fused-ring (bicyclic) bond motifs is 1. The average molecular weight is 321 g/mol. The van der Waals surface area contributed by atoms with Gasteiger partial charge in [0.2, 0.25) is 0 Å². The zero-order chi connectivity index (χ0) is 16.5. The van der Waals surface area contributed by atoms with Gasteiger partial charge in [0.1, 0.15) is 5.52 Å². The number of nitrogens with zero attached hydrogens (tertiary/aromatic N) is 4. The van der Waals surface area contributed by atoms with E-state index in [9.17, 15) is 4.79 Å². The van der Waals surface area contributed by atoms with Crippen molar-refractivity contribution in [2.45, 2.75) is 19.0 Å². The van der Waals surface area contributed by atoms with Crippen LogP contribution in [0.25, 0.3) is 11.2 Å². The van der Waals surface area contributed by atoms with Crippen molar-refractivity contribution in [3.05, 3.63) is 60.0 Å². The van der Waals surface area contributed by atoms with Crippen molar-refractivity contribution in [2.24, 2.45) is 5.73 Å².